The van der Waals surface area contributed by atoms with Gasteiger partial charge in [0.05, 0.1) is 7.11 Å². The zero-order chi connectivity index (χ0) is 14.7. The third-order valence-electron chi connectivity index (χ3n) is 4.94. The van der Waals surface area contributed by atoms with Gasteiger partial charge in [0.15, 0.2) is 11.5 Å². The summed E-state index contributed by atoms with van der Waals surface area (Å²) in [6.07, 6.45) is 5.33. The van der Waals surface area contributed by atoms with Crippen molar-refractivity contribution in [2.75, 3.05) is 33.3 Å². The smallest absolute Gasteiger partial charge is 0.160 e. The topological polar surface area (TPSA) is 44.7 Å². The van der Waals surface area contributed by atoms with Gasteiger partial charge in [-0.3, -0.25) is 4.90 Å². The number of piperazine rings is 1. The number of halogens is 2. The van der Waals surface area contributed by atoms with Crippen molar-refractivity contribution in [1.82, 2.24) is 10.2 Å². The van der Waals surface area contributed by atoms with Crippen LogP contribution in [0.4, 0.5) is 0 Å². The summed E-state index contributed by atoms with van der Waals surface area (Å²) in [7, 11) is 1.62. The number of rotatable bonds is 4. The van der Waals surface area contributed by atoms with Gasteiger partial charge < -0.3 is 15.2 Å². The Morgan fingerprint density at radius 3 is 2.43 bits per heavy atom. The van der Waals surface area contributed by atoms with Crippen LogP contribution < -0.4 is 10.1 Å². The first-order valence-electron chi connectivity index (χ1n) is 8.11. The van der Waals surface area contributed by atoms with E-state index in [-0.39, 0.29) is 30.6 Å². The number of phenols is 1. The molecule has 0 aromatic heterocycles. The molecule has 0 bridgehead atoms. The highest BCUT2D eigenvalue weighted by Crippen LogP contribution is 2.41. The molecule has 1 aromatic rings. The predicted octanol–water partition coefficient (Wildman–Crippen LogP) is 3.38. The molecule has 2 N–H and O–H groups in total. The number of phenolic OH excluding ortho intramolecular Hbond substituents is 1. The molecule has 0 radical (unpaired) electrons. The van der Waals surface area contributed by atoms with Crippen LogP contribution in [0.2, 0.25) is 0 Å². The molecular formula is C17H28Cl2N2O2. The number of benzene rings is 1. The van der Waals surface area contributed by atoms with Crippen LogP contribution in [0.5, 0.6) is 11.5 Å². The second kappa shape index (κ2) is 9.58. The van der Waals surface area contributed by atoms with Gasteiger partial charge in [-0.2, -0.15) is 0 Å². The average molecular weight is 363 g/mol. The van der Waals surface area contributed by atoms with Crippen LogP contribution in [0.15, 0.2) is 18.2 Å². The van der Waals surface area contributed by atoms with Crippen molar-refractivity contribution in [2.45, 2.75) is 31.7 Å². The fourth-order valence-corrected chi connectivity index (χ4v) is 3.89. The van der Waals surface area contributed by atoms with E-state index in [2.05, 4.69) is 16.3 Å². The van der Waals surface area contributed by atoms with E-state index in [4.69, 9.17) is 4.74 Å². The van der Waals surface area contributed by atoms with Crippen molar-refractivity contribution in [3.05, 3.63) is 23.8 Å². The van der Waals surface area contributed by atoms with E-state index in [1.165, 1.54) is 31.2 Å². The molecule has 6 heteroatoms. The highest BCUT2D eigenvalue weighted by molar-refractivity contribution is 5.85. The van der Waals surface area contributed by atoms with Crippen LogP contribution in [0.25, 0.3) is 0 Å². The summed E-state index contributed by atoms with van der Waals surface area (Å²) < 4.78 is 5.30. The summed E-state index contributed by atoms with van der Waals surface area (Å²) in [4.78, 5) is 2.61. The molecule has 23 heavy (non-hydrogen) atoms. The number of ether oxygens (including phenoxy) is 1. The fourth-order valence-electron chi connectivity index (χ4n) is 3.89. The number of aromatic hydroxyl groups is 1. The molecule has 1 aliphatic heterocycles. The van der Waals surface area contributed by atoms with Crippen molar-refractivity contribution < 1.29 is 9.84 Å². The molecule has 4 nitrogen and oxygen atoms in total. The van der Waals surface area contributed by atoms with E-state index in [0.29, 0.717) is 11.8 Å². The van der Waals surface area contributed by atoms with Gasteiger partial charge in [0, 0.05) is 32.2 Å². The Hall–Kier alpha value is -0.680. The van der Waals surface area contributed by atoms with Crippen molar-refractivity contribution in [1.29, 1.82) is 0 Å². The van der Waals surface area contributed by atoms with Crippen LogP contribution in [0, 0.1) is 5.92 Å². The first-order valence-corrected chi connectivity index (χ1v) is 8.11. The highest BCUT2D eigenvalue weighted by Gasteiger charge is 2.32. The normalized spacial score (nSPS) is 20.4. The van der Waals surface area contributed by atoms with Crippen molar-refractivity contribution in [3.63, 3.8) is 0 Å². The molecule has 0 unspecified atom stereocenters. The lowest BCUT2D eigenvalue weighted by Gasteiger charge is -2.38. The molecule has 0 spiro atoms. The summed E-state index contributed by atoms with van der Waals surface area (Å²) in [5, 5.41) is 13.3. The van der Waals surface area contributed by atoms with Crippen molar-refractivity contribution in [3.8, 4) is 11.5 Å². The van der Waals surface area contributed by atoms with Crippen LogP contribution in [-0.4, -0.2) is 43.3 Å². The molecule has 1 heterocycles. The fraction of sp³-hybridized carbons (Fsp3) is 0.647. The average Bonchev–Trinajstić information content (AvgIpc) is 3.04. The molecule has 1 atom stereocenters. The monoisotopic (exact) mass is 362 g/mol. The molecule has 2 fully saturated rings. The predicted molar refractivity (Wildman–Crippen MR) is 98.3 cm³/mol. The summed E-state index contributed by atoms with van der Waals surface area (Å²) in [6, 6.07) is 6.34. The summed E-state index contributed by atoms with van der Waals surface area (Å²) in [5.74, 6) is 1.55. The van der Waals surface area contributed by atoms with Crippen LogP contribution in [0.1, 0.15) is 37.3 Å². The summed E-state index contributed by atoms with van der Waals surface area (Å²) >= 11 is 0. The van der Waals surface area contributed by atoms with E-state index >= 15 is 0 Å². The molecule has 3 rings (SSSR count). The SMILES string of the molecule is COc1cc([C@H](C2CCCC2)N2CCNCC2)ccc1O.Cl.Cl. The molecule has 1 saturated heterocycles. The minimum atomic E-state index is 0. The van der Waals surface area contributed by atoms with Gasteiger partial charge in [0.1, 0.15) is 0 Å². The van der Waals surface area contributed by atoms with E-state index in [0.717, 1.165) is 32.1 Å². The third kappa shape index (κ3) is 4.66. The Labute approximate surface area is 151 Å². The summed E-state index contributed by atoms with van der Waals surface area (Å²) in [6.45, 7) is 4.34. The van der Waals surface area contributed by atoms with Crippen molar-refractivity contribution in [2.24, 2.45) is 5.92 Å². The first-order chi connectivity index (χ1) is 10.3. The third-order valence-corrected chi connectivity index (χ3v) is 4.94. The molecule has 0 amide bonds. The van der Waals surface area contributed by atoms with Gasteiger partial charge in [-0.1, -0.05) is 18.9 Å². The number of hydrogen-bond donors (Lipinski definition) is 2. The Morgan fingerprint density at radius 2 is 1.83 bits per heavy atom. The quantitative estimate of drug-likeness (QED) is 0.861. The number of nitrogens with zero attached hydrogens (tertiary/aromatic N) is 1. The van der Waals surface area contributed by atoms with Gasteiger partial charge in [-0.05, 0) is 36.5 Å². The lowest BCUT2D eigenvalue weighted by atomic mass is 9.89. The molecule has 1 aliphatic carbocycles. The van der Waals surface area contributed by atoms with Crippen molar-refractivity contribution >= 4 is 24.8 Å². The Bertz CT molecular complexity index is 476. The maximum atomic E-state index is 9.84. The zero-order valence-corrected chi connectivity index (χ0v) is 15.3. The van der Waals surface area contributed by atoms with E-state index in [1.807, 2.05) is 6.07 Å². The van der Waals surface area contributed by atoms with Gasteiger partial charge in [0.25, 0.3) is 0 Å². The van der Waals surface area contributed by atoms with E-state index < -0.39 is 0 Å². The largest absolute Gasteiger partial charge is 0.504 e. The summed E-state index contributed by atoms with van der Waals surface area (Å²) in [5.41, 5.74) is 1.29. The highest BCUT2D eigenvalue weighted by atomic mass is 35.5. The standard InChI is InChI=1S/C17H26N2O2.2ClH/c1-21-16-12-14(6-7-15(16)20)17(13-4-2-3-5-13)19-10-8-18-9-11-19;;/h6-7,12-13,17-18,20H,2-5,8-11H2,1H3;2*1H/t17-;;/m0../s1. The van der Waals surface area contributed by atoms with Crippen LogP contribution >= 0.6 is 24.8 Å². The van der Waals surface area contributed by atoms with Gasteiger partial charge in [-0.15, -0.1) is 24.8 Å². The number of methoxy groups -OCH3 is 1. The second-order valence-corrected chi connectivity index (χ2v) is 6.21. The van der Waals surface area contributed by atoms with Crippen LogP contribution in [-0.2, 0) is 0 Å². The van der Waals surface area contributed by atoms with E-state index in [1.54, 1.807) is 13.2 Å². The Balaban J connectivity index is 0.00000132. The van der Waals surface area contributed by atoms with Gasteiger partial charge in [0.2, 0.25) is 0 Å². The van der Waals surface area contributed by atoms with E-state index in [9.17, 15) is 5.11 Å². The van der Waals surface area contributed by atoms with Gasteiger partial charge in [-0.25, -0.2) is 0 Å². The first kappa shape index (κ1) is 20.4. The number of nitrogens with one attached hydrogen (secondary N) is 1. The second-order valence-electron chi connectivity index (χ2n) is 6.21. The molecule has 1 saturated carbocycles. The maximum absolute atomic E-state index is 9.84. The van der Waals surface area contributed by atoms with Crippen LogP contribution in [0.3, 0.4) is 0 Å². The number of hydrogen-bond acceptors (Lipinski definition) is 4. The minimum absolute atomic E-state index is 0. The molecule has 132 valence electrons. The van der Waals surface area contributed by atoms with Gasteiger partial charge >= 0.3 is 0 Å². The Kier molecular flexibility index (Phi) is 8.48. The minimum Gasteiger partial charge on any atom is -0.504 e. The maximum Gasteiger partial charge on any atom is 0.160 e. The molecular weight excluding hydrogens is 335 g/mol. The zero-order valence-electron chi connectivity index (χ0n) is 13.7. The molecule has 1 aromatic carbocycles. The molecule has 2 aliphatic rings. The lowest BCUT2D eigenvalue weighted by molar-refractivity contribution is 0.125. The Morgan fingerprint density at radius 1 is 1.17 bits per heavy atom. The lowest BCUT2D eigenvalue weighted by Crippen LogP contribution is -2.46.